The van der Waals surface area contributed by atoms with Crippen LogP contribution in [-0.4, -0.2) is 26.0 Å². The van der Waals surface area contributed by atoms with Gasteiger partial charge < -0.3 is 9.64 Å². The lowest BCUT2D eigenvalue weighted by Crippen LogP contribution is -2.40. The average Bonchev–Trinajstić information content (AvgIpc) is 2.87. The summed E-state index contributed by atoms with van der Waals surface area (Å²) in [7, 11) is 3.01. The Balaban J connectivity index is 2.12. The van der Waals surface area contributed by atoms with Crippen molar-refractivity contribution in [3.05, 3.63) is 76.3 Å². The lowest BCUT2D eigenvalue weighted by Gasteiger charge is -2.28. The molecule has 134 valence electrons. The maximum absolute atomic E-state index is 13.3. The predicted octanol–water partition coefficient (Wildman–Crippen LogP) is 4.28. The summed E-state index contributed by atoms with van der Waals surface area (Å²) in [6, 6.07) is 15.4. The highest BCUT2D eigenvalue weighted by Crippen LogP contribution is 2.54. The molecule has 0 fully saturated rings. The van der Waals surface area contributed by atoms with Gasteiger partial charge in [-0.2, -0.15) is 0 Å². The van der Waals surface area contributed by atoms with Gasteiger partial charge in [-0.3, -0.25) is 4.79 Å². The Kier molecular flexibility index (Phi) is 5.25. The smallest absolute Gasteiger partial charge is 0.335 e. The van der Waals surface area contributed by atoms with Crippen molar-refractivity contribution in [1.29, 1.82) is 0 Å². The molecule has 0 radical (unpaired) electrons. The van der Waals surface area contributed by atoms with E-state index in [4.69, 9.17) is 4.74 Å². The lowest BCUT2D eigenvalue weighted by molar-refractivity contribution is -0.137. The standard InChI is InChI=1S/C20H18BrNO3S/c1-13(18(23)25-3)20(26-12-14-7-5-4-6-8-14)16-11-15(21)9-10-17(16)22(2)19(20)24/h4-11H,1,12H2,2-3H3. The number of likely N-dealkylation sites (N-methyl/N-ethyl adjacent to an activating group) is 1. The van der Waals surface area contributed by atoms with E-state index in [0.717, 1.165) is 21.3 Å². The molecule has 26 heavy (non-hydrogen) atoms. The van der Waals surface area contributed by atoms with Crippen LogP contribution in [-0.2, 0) is 24.8 Å². The summed E-state index contributed by atoms with van der Waals surface area (Å²) in [5.41, 5.74) is 2.71. The van der Waals surface area contributed by atoms with Crippen molar-refractivity contribution < 1.29 is 14.3 Å². The molecule has 1 heterocycles. The third-order valence-electron chi connectivity index (χ3n) is 4.46. The molecule has 0 saturated carbocycles. The fraction of sp³-hybridized carbons (Fsp3) is 0.200. The van der Waals surface area contributed by atoms with E-state index in [2.05, 4.69) is 22.5 Å². The summed E-state index contributed by atoms with van der Waals surface area (Å²) in [4.78, 5) is 27.2. The van der Waals surface area contributed by atoms with Gasteiger partial charge >= 0.3 is 5.97 Å². The molecule has 0 aromatic heterocycles. The number of nitrogens with zero attached hydrogens (tertiary/aromatic N) is 1. The zero-order chi connectivity index (χ0) is 18.9. The number of ether oxygens (including phenoxy) is 1. The van der Waals surface area contributed by atoms with Crippen LogP contribution < -0.4 is 4.90 Å². The maximum atomic E-state index is 13.3. The van der Waals surface area contributed by atoms with Crippen molar-refractivity contribution >= 4 is 45.3 Å². The highest BCUT2D eigenvalue weighted by Gasteiger charge is 2.54. The molecule has 3 rings (SSSR count). The van der Waals surface area contributed by atoms with Crippen LogP contribution >= 0.6 is 27.7 Å². The molecular weight excluding hydrogens is 414 g/mol. The molecule has 1 amide bonds. The van der Waals surface area contributed by atoms with Gasteiger partial charge in [-0.15, -0.1) is 11.8 Å². The molecule has 0 saturated heterocycles. The van der Waals surface area contributed by atoms with E-state index < -0.39 is 10.7 Å². The minimum absolute atomic E-state index is 0.134. The number of fused-ring (bicyclic) bond motifs is 1. The fourth-order valence-corrected chi connectivity index (χ4v) is 4.87. The number of hydrogen-bond donors (Lipinski definition) is 0. The topological polar surface area (TPSA) is 46.6 Å². The first-order chi connectivity index (χ1) is 12.4. The Labute approximate surface area is 165 Å². The summed E-state index contributed by atoms with van der Waals surface area (Å²) in [5, 5.41) is 0. The summed E-state index contributed by atoms with van der Waals surface area (Å²) in [6.07, 6.45) is 0. The Morgan fingerprint density at radius 3 is 2.62 bits per heavy atom. The molecule has 2 aromatic carbocycles. The van der Waals surface area contributed by atoms with Gasteiger partial charge in [-0.05, 0) is 23.8 Å². The molecular formula is C20H18BrNO3S. The summed E-state index contributed by atoms with van der Waals surface area (Å²) < 4.78 is 4.52. The van der Waals surface area contributed by atoms with Gasteiger partial charge in [0.1, 0.15) is 0 Å². The van der Waals surface area contributed by atoms with Crippen LogP contribution in [0.4, 0.5) is 5.69 Å². The molecule has 0 spiro atoms. The Hall–Kier alpha value is -2.05. The SMILES string of the molecule is C=C(C(=O)OC)C1(SCc2ccccc2)C(=O)N(C)c2ccc(Br)cc21. The van der Waals surface area contributed by atoms with Crippen molar-refractivity contribution in [2.45, 2.75) is 10.5 Å². The molecule has 1 atom stereocenters. The minimum atomic E-state index is -1.21. The van der Waals surface area contributed by atoms with E-state index >= 15 is 0 Å². The third kappa shape index (κ3) is 2.97. The van der Waals surface area contributed by atoms with Crippen LogP contribution in [0.15, 0.2) is 65.2 Å². The van der Waals surface area contributed by atoms with Crippen LogP contribution in [0, 0.1) is 0 Å². The highest BCUT2D eigenvalue weighted by molar-refractivity contribution is 9.10. The fourth-order valence-electron chi connectivity index (χ4n) is 3.09. The Bertz CT molecular complexity index is 884. The maximum Gasteiger partial charge on any atom is 0.335 e. The Morgan fingerprint density at radius 1 is 1.27 bits per heavy atom. The number of halogens is 1. The molecule has 1 aliphatic rings. The molecule has 1 unspecified atom stereocenters. The number of esters is 1. The molecule has 4 nitrogen and oxygen atoms in total. The molecule has 0 N–H and O–H groups in total. The van der Waals surface area contributed by atoms with E-state index in [1.807, 2.05) is 48.5 Å². The van der Waals surface area contributed by atoms with Gasteiger partial charge in [0.05, 0.1) is 12.7 Å². The van der Waals surface area contributed by atoms with Gasteiger partial charge in [0, 0.05) is 28.5 Å². The van der Waals surface area contributed by atoms with Crippen molar-refractivity contribution in [3.63, 3.8) is 0 Å². The number of anilines is 1. The van der Waals surface area contributed by atoms with Crippen LogP contribution in [0.3, 0.4) is 0 Å². The van der Waals surface area contributed by atoms with Crippen LogP contribution in [0.2, 0.25) is 0 Å². The summed E-state index contributed by atoms with van der Waals surface area (Å²) in [6.45, 7) is 3.95. The second kappa shape index (κ2) is 7.29. The van der Waals surface area contributed by atoms with E-state index in [9.17, 15) is 9.59 Å². The number of benzene rings is 2. The van der Waals surface area contributed by atoms with Crippen molar-refractivity contribution in [2.24, 2.45) is 0 Å². The summed E-state index contributed by atoms with van der Waals surface area (Å²) >= 11 is 4.86. The number of rotatable bonds is 5. The van der Waals surface area contributed by atoms with Gasteiger partial charge in [-0.1, -0.05) is 52.8 Å². The average molecular weight is 432 g/mol. The molecule has 0 aliphatic carbocycles. The first kappa shape index (κ1) is 18.7. The van der Waals surface area contributed by atoms with Crippen molar-refractivity contribution in [3.8, 4) is 0 Å². The largest absolute Gasteiger partial charge is 0.466 e. The predicted molar refractivity (Wildman–Crippen MR) is 108 cm³/mol. The van der Waals surface area contributed by atoms with Gasteiger partial charge in [-0.25, -0.2) is 4.79 Å². The molecule has 1 aliphatic heterocycles. The first-order valence-electron chi connectivity index (χ1n) is 7.95. The second-order valence-corrected chi connectivity index (χ2v) is 8.06. The zero-order valence-electron chi connectivity index (χ0n) is 14.5. The quantitative estimate of drug-likeness (QED) is 0.523. The molecule has 0 bridgehead atoms. The van der Waals surface area contributed by atoms with Crippen LogP contribution in [0.1, 0.15) is 11.1 Å². The van der Waals surface area contributed by atoms with E-state index in [1.165, 1.54) is 18.9 Å². The number of methoxy groups -OCH3 is 1. The highest BCUT2D eigenvalue weighted by atomic mass is 79.9. The van der Waals surface area contributed by atoms with Crippen molar-refractivity contribution in [2.75, 3.05) is 19.1 Å². The minimum Gasteiger partial charge on any atom is -0.466 e. The number of hydrogen-bond acceptors (Lipinski definition) is 4. The second-order valence-electron chi connectivity index (χ2n) is 5.95. The first-order valence-corrected chi connectivity index (χ1v) is 9.73. The lowest BCUT2D eigenvalue weighted by atomic mass is 9.92. The van der Waals surface area contributed by atoms with E-state index in [-0.39, 0.29) is 11.5 Å². The van der Waals surface area contributed by atoms with Crippen molar-refractivity contribution in [1.82, 2.24) is 0 Å². The van der Waals surface area contributed by atoms with Gasteiger partial charge in [0.2, 0.25) is 0 Å². The van der Waals surface area contributed by atoms with Crippen LogP contribution in [0.25, 0.3) is 0 Å². The number of carbonyl (C=O) groups is 2. The third-order valence-corrected chi connectivity index (χ3v) is 6.50. The normalized spacial score (nSPS) is 18.6. The van der Waals surface area contributed by atoms with Gasteiger partial charge in [0.25, 0.3) is 5.91 Å². The van der Waals surface area contributed by atoms with Gasteiger partial charge in [0.15, 0.2) is 4.75 Å². The molecule has 2 aromatic rings. The zero-order valence-corrected chi connectivity index (χ0v) is 16.9. The van der Waals surface area contributed by atoms with E-state index in [1.54, 1.807) is 11.9 Å². The number of carbonyl (C=O) groups excluding carboxylic acids is 2. The molecule has 6 heteroatoms. The van der Waals surface area contributed by atoms with Crippen LogP contribution in [0.5, 0.6) is 0 Å². The Morgan fingerprint density at radius 2 is 1.96 bits per heavy atom. The number of thioether (sulfide) groups is 1. The number of amides is 1. The summed E-state index contributed by atoms with van der Waals surface area (Å²) in [5.74, 6) is -0.218. The van der Waals surface area contributed by atoms with E-state index in [0.29, 0.717) is 5.75 Å². The monoisotopic (exact) mass is 431 g/mol.